The van der Waals surface area contributed by atoms with E-state index in [4.69, 9.17) is 5.11 Å². The highest BCUT2D eigenvalue weighted by atomic mass is 32.1. The standard InChI is InChI=1S/C13H15NO4S/c15-10-2-1-5-14(7-10)13(18)9-6-11(19-8-9)3-4-12(16)17/h3-4,6,8,10,15H,1-2,5,7H2,(H,16,17). The summed E-state index contributed by atoms with van der Waals surface area (Å²) in [5.41, 5.74) is 0.545. The molecule has 0 spiro atoms. The van der Waals surface area contributed by atoms with E-state index in [1.807, 2.05) is 0 Å². The van der Waals surface area contributed by atoms with Crippen LogP contribution >= 0.6 is 11.3 Å². The van der Waals surface area contributed by atoms with Crippen molar-refractivity contribution in [3.8, 4) is 0 Å². The lowest BCUT2D eigenvalue weighted by molar-refractivity contribution is -0.131. The molecule has 5 nitrogen and oxygen atoms in total. The molecule has 1 amide bonds. The monoisotopic (exact) mass is 281 g/mol. The Balaban J connectivity index is 2.05. The predicted molar refractivity (Wildman–Crippen MR) is 72.1 cm³/mol. The van der Waals surface area contributed by atoms with E-state index < -0.39 is 12.1 Å². The van der Waals surface area contributed by atoms with Crippen molar-refractivity contribution in [3.63, 3.8) is 0 Å². The molecule has 1 aliphatic heterocycles. The highest BCUT2D eigenvalue weighted by molar-refractivity contribution is 7.11. The number of carboxylic acids is 1. The summed E-state index contributed by atoms with van der Waals surface area (Å²) < 4.78 is 0. The topological polar surface area (TPSA) is 77.8 Å². The quantitative estimate of drug-likeness (QED) is 0.822. The smallest absolute Gasteiger partial charge is 0.328 e. The van der Waals surface area contributed by atoms with Gasteiger partial charge < -0.3 is 15.1 Å². The van der Waals surface area contributed by atoms with Gasteiger partial charge in [-0.05, 0) is 25.0 Å². The average Bonchev–Trinajstić information content (AvgIpc) is 2.84. The van der Waals surface area contributed by atoms with Crippen LogP contribution in [0.4, 0.5) is 0 Å². The van der Waals surface area contributed by atoms with Crippen molar-refractivity contribution in [2.75, 3.05) is 13.1 Å². The Morgan fingerprint density at radius 3 is 2.95 bits per heavy atom. The second-order valence-corrected chi connectivity index (χ2v) is 5.40. The fourth-order valence-electron chi connectivity index (χ4n) is 2.03. The first-order valence-electron chi connectivity index (χ1n) is 6.03. The van der Waals surface area contributed by atoms with Gasteiger partial charge in [0.15, 0.2) is 0 Å². The van der Waals surface area contributed by atoms with Gasteiger partial charge in [-0.25, -0.2) is 4.79 Å². The maximum Gasteiger partial charge on any atom is 0.328 e. The molecule has 1 saturated heterocycles. The third-order valence-corrected chi connectivity index (χ3v) is 3.84. The zero-order valence-electron chi connectivity index (χ0n) is 10.3. The highest BCUT2D eigenvalue weighted by Crippen LogP contribution is 2.20. The van der Waals surface area contributed by atoms with Crippen molar-refractivity contribution in [3.05, 3.63) is 28.0 Å². The molecule has 2 N–H and O–H groups in total. The third kappa shape index (κ3) is 3.65. The Bertz CT molecular complexity index is 508. The zero-order chi connectivity index (χ0) is 13.8. The number of hydrogen-bond donors (Lipinski definition) is 2. The first-order valence-corrected chi connectivity index (χ1v) is 6.91. The Hall–Kier alpha value is -1.66. The predicted octanol–water partition coefficient (Wildman–Crippen LogP) is 1.44. The molecular weight excluding hydrogens is 266 g/mol. The molecule has 0 bridgehead atoms. The van der Waals surface area contributed by atoms with Gasteiger partial charge in [-0.2, -0.15) is 0 Å². The minimum atomic E-state index is -1.01. The highest BCUT2D eigenvalue weighted by Gasteiger charge is 2.23. The molecule has 1 unspecified atom stereocenters. The molecule has 102 valence electrons. The SMILES string of the molecule is O=C(O)C=Cc1cc(C(=O)N2CCCC(O)C2)cs1. The first kappa shape index (κ1) is 13.8. The number of piperidine rings is 1. The number of aliphatic carboxylic acids is 1. The molecule has 6 heteroatoms. The average molecular weight is 281 g/mol. The molecule has 2 rings (SSSR count). The maximum absolute atomic E-state index is 12.2. The van der Waals surface area contributed by atoms with Crippen LogP contribution in [-0.4, -0.2) is 46.2 Å². The van der Waals surface area contributed by atoms with Gasteiger partial charge in [-0.15, -0.1) is 11.3 Å². The van der Waals surface area contributed by atoms with Gasteiger partial charge in [0.25, 0.3) is 5.91 Å². The van der Waals surface area contributed by atoms with Crippen LogP contribution in [0.15, 0.2) is 17.5 Å². The Morgan fingerprint density at radius 1 is 1.47 bits per heavy atom. The second-order valence-electron chi connectivity index (χ2n) is 4.46. The lowest BCUT2D eigenvalue weighted by Gasteiger charge is -2.29. The van der Waals surface area contributed by atoms with Crippen LogP contribution < -0.4 is 0 Å². The van der Waals surface area contributed by atoms with E-state index in [-0.39, 0.29) is 5.91 Å². The minimum Gasteiger partial charge on any atom is -0.478 e. The van der Waals surface area contributed by atoms with E-state index in [9.17, 15) is 14.7 Å². The zero-order valence-corrected chi connectivity index (χ0v) is 11.1. The summed E-state index contributed by atoms with van der Waals surface area (Å²) >= 11 is 1.32. The van der Waals surface area contributed by atoms with E-state index >= 15 is 0 Å². The maximum atomic E-state index is 12.2. The second kappa shape index (κ2) is 5.99. The summed E-state index contributed by atoms with van der Waals surface area (Å²) in [4.78, 5) is 25.0. The number of thiophene rings is 1. The van der Waals surface area contributed by atoms with E-state index in [1.54, 1.807) is 16.3 Å². The lowest BCUT2D eigenvalue weighted by Crippen LogP contribution is -2.42. The number of β-amino-alcohol motifs (C(OH)–C–C–N with tert-alkyl or cyclic N) is 1. The first-order chi connectivity index (χ1) is 9.06. The van der Waals surface area contributed by atoms with E-state index in [2.05, 4.69) is 0 Å². The molecular formula is C13H15NO4S. The Kier molecular flexibility index (Phi) is 4.34. The number of carbonyl (C=O) groups is 2. The molecule has 1 fully saturated rings. The van der Waals surface area contributed by atoms with E-state index in [1.165, 1.54) is 17.4 Å². The summed E-state index contributed by atoms with van der Waals surface area (Å²) in [6.45, 7) is 1.03. The van der Waals surface area contributed by atoms with Crippen LogP contribution in [0.3, 0.4) is 0 Å². The van der Waals surface area contributed by atoms with Gasteiger partial charge in [0.05, 0.1) is 11.7 Å². The number of carboxylic acid groups (broad SMARTS) is 1. The van der Waals surface area contributed by atoms with Crippen LogP contribution in [0.1, 0.15) is 28.1 Å². The number of amides is 1. The van der Waals surface area contributed by atoms with Gasteiger partial charge >= 0.3 is 5.97 Å². The molecule has 0 saturated carbocycles. The number of aliphatic hydroxyl groups excluding tert-OH is 1. The molecule has 0 radical (unpaired) electrons. The molecule has 19 heavy (non-hydrogen) atoms. The van der Waals surface area contributed by atoms with Crippen molar-refractivity contribution < 1.29 is 19.8 Å². The molecule has 1 aromatic rings. The third-order valence-electron chi connectivity index (χ3n) is 2.94. The van der Waals surface area contributed by atoms with Gasteiger partial charge in [0, 0.05) is 29.4 Å². The van der Waals surface area contributed by atoms with Crippen molar-refractivity contribution in [2.45, 2.75) is 18.9 Å². The lowest BCUT2D eigenvalue weighted by atomic mass is 10.1. The molecule has 1 aromatic heterocycles. The number of aliphatic hydroxyl groups is 1. The van der Waals surface area contributed by atoms with Crippen molar-refractivity contribution in [1.29, 1.82) is 0 Å². The van der Waals surface area contributed by atoms with Crippen LogP contribution in [0.2, 0.25) is 0 Å². The summed E-state index contributed by atoms with van der Waals surface area (Å²) in [6.07, 6.45) is 3.62. The largest absolute Gasteiger partial charge is 0.478 e. The fraction of sp³-hybridized carbons (Fsp3) is 0.385. The minimum absolute atomic E-state index is 0.107. The van der Waals surface area contributed by atoms with E-state index in [0.29, 0.717) is 18.7 Å². The van der Waals surface area contributed by atoms with Crippen LogP contribution in [0, 0.1) is 0 Å². The van der Waals surface area contributed by atoms with Crippen molar-refractivity contribution in [1.82, 2.24) is 4.90 Å². The number of hydrogen-bond acceptors (Lipinski definition) is 4. The number of nitrogens with zero attached hydrogens (tertiary/aromatic N) is 1. The molecule has 0 aromatic carbocycles. The number of rotatable bonds is 3. The molecule has 0 aliphatic carbocycles. The molecule has 1 aliphatic rings. The van der Waals surface area contributed by atoms with Gasteiger partial charge in [-0.3, -0.25) is 4.79 Å². The number of likely N-dealkylation sites (tertiary alicyclic amines) is 1. The summed E-state index contributed by atoms with van der Waals surface area (Å²) in [5, 5.41) is 19.8. The van der Waals surface area contributed by atoms with Crippen LogP contribution in [0.25, 0.3) is 6.08 Å². The molecule has 1 atom stereocenters. The Labute approximate surface area is 114 Å². The van der Waals surface area contributed by atoms with E-state index in [0.717, 1.165) is 23.8 Å². The normalized spacial score (nSPS) is 19.8. The van der Waals surface area contributed by atoms with Gasteiger partial charge in [0.2, 0.25) is 0 Å². The van der Waals surface area contributed by atoms with Crippen molar-refractivity contribution >= 4 is 29.3 Å². The van der Waals surface area contributed by atoms with Crippen molar-refractivity contribution in [2.24, 2.45) is 0 Å². The van der Waals surface area contributed by atoms with Crippen LogP contribution in [-0.2, 0) is 4.79 Å². The summed E-state index contributed by atoms with van der Waals surface area (Å²) in [7, 11) is 0. The summed E-state index contributed by atoms with van der Waals surface area (Å²) in [6, 6.07) is 1.67. The summed E-state index contributed by atoms with van der Waals surface area (Å²) in [5.74, 6) is -1.12. The van der Waals surface area contributed by atoms with Crippen LogP contribution in [0.5, 0.6) is 0 Å². The Morgan fingerprint density at radius 2 is 2.26 bits per heavy atom. The van der Waals surface area contributed by atoms with Gasteiger partial charge in [-0.1, -0.05) is 0 Å². The number of carbonyl (C=O) groups excluding carboxylic acids is 1. The molecule has 2 heterocycles. The van der Waals surface area contributed by atoms with Gasteiger partial charge in [0.1, 0.15) is 0 Å². The fourth-order valence-corrected chi connectivity index (χ4v) is 2.80.